The van der Waals surface area contributed by atoms with Crippen LogP contribution < -0.4 is 5.32 Å². The second-order valence-electron chi connectivity index (χ2n) is 5.50. The second-order valence-corrected chi connectivity index (χ2v) is 5.50. The summed E-state index contributed by atoms with van der Waals surface area (Å²) in [4.78, 5) is 11.0. The normalized spacial score (nSPS) is 21.3. The van der Waals surface area contributed by atoms with E-state index < -0.39 is 0 Å². The van der Waals surface area contributed by atoms with Crippen molar-refractivity contribution in [2.24, 2.45) is 0 Å². The Morgan fingerprint density at radius 2 is 2.38 bits per heavy atom. The van der Waals surface area contributed by atoms with Gasteiger partial charge in [-0.1, -0.05) is 5.16 Å². The van der Waals surface area contributed by atoms with Crippen molar-refractivity contribution in [2.75, 3.05) is 20.1 Å². The lowest BCUT2D eigenvalue weighted by Gasteiger charge is -2.35. The number of hydrogen-bond acceptors (Lipinski definition) is 6. The predicted octanol–water partition coefficient (Wildman–Crippen LogP) is 1.88. The number of piperidine rings is 1. The van der Waals surface area contributed by atoms with Crippen LogP contribution in [0.25, 0.3) is 11.4 Å². The van der Waals surface area contributed by atoms with Gasteiger partial charge >= 0.3 is 0 Å². The van der Waals surface area contributed by atoms with E-state index in [4.69, 9.17) is 4.52 Å². The van der Waals surface area contributed by atoms with Crippen LogP contribution in [0.2, 0.25) is 0 Å². The number of hydrogen-bond donors (Lipinski definition) is 1. The van der Waals surface area contributed by atoms with Crippen LogP contribution in [0.1, 0.15) is 31.7 Å². The predicted molar refractivity (Wildman–Crippen MR) is 79.6 cm³/mol. The topological polar surface area (TPSA) is 67.1 Å². The van der Waals surface area contributed by atoms with E-state index in [-0.39, 0.29) is 6.04 Å². The summed E-state index contributed by atoms with van der Waals surface area (Å²) in [6.45, 7) is 4.21. The van der Waals surface area contributed by atoms with Crippen LogP contribution >= 0.6 is 0 Å². The maximum Gasteiger partial charge on any atom is 0.244 e. The van der Waals surface area contributed by atoms with Crippen LogP contribution in [0.15, 0.2) is 29.0 Å². The quantitative estimate of drug-likeness (QED) is 0.926. The molecule has 1 aliphatic rings. The molecule has 112 valence electrons. The standard InChI is InChI=1S/C15H21N5O/c1-11(20-8-4-6-13(10-20)16-2)15-18-14(19-21-15)12-5-3-7-17-9-12/h3,5,7,9,11,13,16H,4,6,8,10H2,1-2H3. The molecule has 2 unspecified atom stereocenters. The summed E-state index contributed by atoms with van der Waals surface area (Å²) >= 11 is 0. The zero-order chi connectivity index (χ0) is 14.7. The van der Waals surface area contributed by atoms with Gasteiger partial charge < -0.3 is 9.84 Å². The van der Waals surface area contributed by atoms with Crippen molar-refractivity contribution in [3.63, 3.8) is 0 Å². The van der Waals surface area contributed by atoms with E-state index in [1.807, 2.05) is 19.2 Å². The van der Waals surface area contributed by atoms with Crippen molar-refractivity contribution in [1.29, 1.82) is 0 Å². The van der Waals surface area contributed by atoms with Crippen molar-refractivity contribution in [1.82, 2.24) is 25.3 Å². The molecule has 3 rings (SSSR count). The molecule has 0 bridgehead atoms. The van der Waals surface area contributed by atoms with Gasteiger partial charge in [0.25, 0.3) is 0 Å². The molecule has 0 radical (unpaired) electrons. The molecular weight excluding hydrogens is 266 g/mol. The highest BCUT2D eigenvalue weighted by molar-refractivity contribution is 5.51. The fraction of sp³-hybridized carbons (Fsp3) is 0.533. The zero-order valence-corrected chi connectivity index (χ0v) is 12.5. The molecule has 0 aliphatic carbocycles. The lowest BCUT2D eigenvalue weighted by molar-refractivity contribution is 0.126. The van der Waals surface area contributed by atoms with Crippen molar-refractivity contribution in [2.45, 2.75) is 31.8 Å². The third-order valence-corrected chi connectivity index (χ3v) is 4.13. The number of likely N-dealkylation sites (N-methyl/N-ethyl adjacent to an activating group) is 1. The average Bonchev–Trinajstić information content (AvgIpc) is 3.05. The van der Waals surface area contributed by atoms with Crippen LogP contribution in [0, 0.1) is 0 Å². The van der Waals surface area contributed by atoms with E-state index >= 15 is 0 Å². The molecule has 0 aromatic carbocycles. The van der Waals surface area contributed by atoms with Gasteiger partial charge in [-0.05, 0) is 45.5 Å². The Morgan fingerprint density at radius 1 is 1.48 bits per heavy atom. The fourth-order valence-electron chi connectivity index (χ4n) is 2.77. The SMILES string of the molecule is CNC1CCCN(C(C)c2nc(-c3cccnc3)no2)C1. The zero-order valence-electron chi connectivity index (χ0n) is 12.5. The van der Waals surface area contributed by atoms with Crippen molar-refractivity contribution in [3.8, 4) is 11.4 Å². The first-order valence-electron chi connectivity index (χ1n) is 7.43. The van der Waals surface area contributed by atoms with Gasteiger partial charge in [-0.25, -0.2) is 0 Å². The number of rotatable bonds is 4. The molecule has 0 spiro atoms. The van der Waals surface area contributed by atoms with Gasteiger partial charge in [0.05, 0.1) is 6.04 Å². The molecule has 2 aromatic heterocycles. The minimum Gasteiger partial charge on any atom is -0.337 e. The Hall–Kier alpha value is -1.79. The van der Waals surface area contributed by atoms with Gasteiger partial charge in [0.2, 0.25) is 11.7 Å². The van der Waals surface area contributed by atoms with E-state index in [0.717, 1.165) is 18.7 Å². The highest BCUT2D eigenvalue weighted by Crippen LogP contribution is 2.24. The maximum absolute atomic E-state index is 5.45. The Bertz CT molecular complexity index is 570. The number of likely N-dealkylation sites (tertiary alicyclic amines) is 1. The lowest BCUT2D eigenvalue weighted by Crippen LogP contribution is -2.45. The van der Waals surface area contributed by atoms with Gasteiger partial charge in [-0.3, -0.25) is 9.88 Å². The molecule has 6 heteroatoms. The molecule has 0 saturated carbocycles. The molecule has 2 atom stereocenters. The summed E-state index contributed by atoms with van der Waals surface area (Å²) in [6, 6.07) is 4.49. The highest BCUT2D eigenvalue weighted by Gasteiger charge is 2.26. The first-order valence-corrected chi connectivity index (χ1v) is 7.43. The number of pyridine rings is 1. The van der Waals surface area contributed by atoms with Gasteiger partial charge in [0.15, 0.2) is 0 Å². The molecule has 21 heavy (non-hydrogen) atoms. The molecule has 1 fully saturated rings. The van der Waals surface area contributed by atoms with Crippen LogP contribution in [-0.4, -0.2) is 46.2 Å². The minimum atomic E-state index is 0.138. The Balaban J connectivity index is 1.73. The Morgan fingerprint density at radius 3 is 3.14 bits per heavy atom. The largest absolute Gasteiger partial charge is 0.337 e. The number of nitrogens with one attached hydrogen (secondary N) is 1. The smallest absolute Gasteiger partial charge is 0.244 e. The average molecular weight is 287 g/mol. The number of nitrogens with zero attached hydrogens (tertiary/aromatic N) is 4. The van der Waals surface area contributed by atoms with Crippen molar-refractivity contribution in [3.05, 3.63) is 30.4 Å². The lowest BCUT2D eigenvalue weighted by atomic mass is 10.0. The van der Waals surface area contributed by atoms with Gasteiger partial charge in [0.1, 0.15) is 0 Å². The summed E-state index contributed by atoms with van der Waals surface area (Å²) in [5, 5.41) is 7.43. The fourth-order valence-corrected chi connectivity index (χ4v) is 2.77. The third-order valence-electron chi connectivity index (χ3n) is 4.13. The molecule has 6 nitrogen and oxygen atoms in total. The third kappa shape index (κ3) is 3.11. The monoisotopic (exact) mass is 287 g/mol. The van der Waals surface area contributed by atoms with Crippen LogP contribution in [0.5, 0.6) is 0 Å². The van der Waals surface area contributed by atoms with Gasteiger partial charge in [-0.15, -0.1) is 0 Å². The van der Waals surface area contributed by atoms with Crippen LogP contribution in [0.4, 0.5) is 0 Å². The van der Waals surface area contributed by atoms with Gasteiger partial charge in [0, 0.05) is 30.5 Å². The first-order chi connectivity index (χ1) is 10.3. The molecule has 1 saturated heterocycles. The summed E-state index contributed by atoms with van der Waals surface area (Å²) in [5.74, 6) is 1.28. The molecule has 1 N–H and O–H groups in total. The maximum atomic E-state index is 5.45. The van der Waals surface area contributed by atoms with Crippen LogP contribution in [0.3, 0.4) is 0 Å². The summed E-state index contributed by atoms with van der Waals surface area (Å²) < 4.78 is 5.45. The van der Waals surface area contributed by atoms with Crippen molar-refractivity contribution < 1.29 is 4.52 Å². The van der Waals surface area contributed by atoms with Gasteiger partial charge in [-0.2, -0.15) is 4.98 Å². The molecule has 2 aromatic rings. The first kappa shape index (κ1) is 14.2. The molecule has 0 amide bonds. The second kappa shape index (κ2) is 6.32. The summed E-state index contributed by atoms with van der Waals surface area (Å²) in [5.41, 5.74) is 0.881. The van der Waals surface area contributed by atoms with Crippen LogP contribution in [-0.2, 0) is 0 Å². The summed E-state index contributed by atoms with van der Waals surface area (Å²) in [7, 11) is 2.02. The van der Waals surface area contributed by atoms with Crippen molar-refractivity contribution >= 4 is 0 Å². The Labute approximate surface area is 124 Å². The highest BCUT2D eigenvalue weighted by atomic mass is 16.5. The summed E-state index contributed by atoms with van der Waals surface area (Å²) in [6.07, 6.45) is 5.90. The molecule has 3 heterocycles. The number of aromatic nitrogens is 3. The van der Waals surface area contributed by atoms with E-state index in [1.54, 1.807) is 12.4 Å². The Kier molecular flexibility index (Phi) is 4.26. The van der Waals surface area contributed by atoms with E-state index in [2.05, 4.69) is 32.3 Å². The molecular formula is C15H21N5O. The van der Waals surface area contributed by atoms with E-state index in [9.17, 15) is 0 Å². The van der Waals surface area contributed by atoms with E-state index in [0.29, 0.717) is 17.8 Å². The van der Waals surface area contributed by atoms with E-state index in [1.165, 1.54) is 12.8 Å². The molecule has 1 aliphatic heterocycles. The minimum absolute atomic E-state index is 0.138.